The minimum absolute atomic E-state index is 0.381. The first-order valence-electron chi connectivity index (χ1n) is 7.19. The minimum Gasteiger partial charge on any atom is -0.380 e. The molecule has 0 saturated carbocycles. The average Bonchev–Trinajstić information content (AvgIpc) is 2.85. The van der Waals surface area contributed by atoms with Gasteiger partial charge in [0.25, 0.3) is 0 Å². The number of hydrogen-bond acceptors (Lipinski definition) is 2. The standard InChI is InChI=1S/C18H17NO2/c20-18(12-21-13-18)16-11-19(10-14-6-2-1-3-7-14)17-9-5-4-8-15(16)17/h1-9,11,20H,10,12-13H2. The lowest BCUT2D eigenvalue weighted by molar-refractivity contribution is -0.183. The quantitative estimate of drug-likeness (QED) is 0.800. The van der Waals surface area contributed by atoms with Crippen LogP contribution in [0.4, 0.5) is 0 Å². The van der Waals surface area contributed by atoms with Crippen molar-refractivity contribution in [3.63, 3.8) is 0 Å². The normalized spacial score (nSPS) is 16.8. The fourth-order valence-corrected chi connectivity index (χ4v) is 2.98. The monoisotopic (exact) mass is 279 g/mol. The van der Waals surface area contributed by atoms with Crippen molar-refractivity contribution in [3.8, 4) is 0 Å². The molecule has 3 nitrogen and oxygen atoms in total. The highest BCUT2D eigenvalue weighted by molar-refractivity contribution is 5.85. The summed E-state index contributed by atoms with van der Waals surface area (Å²) in [5.41, 5.74) is 2.54. The van der Waals surface area contributed by atoms with Crippen molar-refractivity contribution in [1.29, 1.82) is 0 Å². The van der Waals surface area contributed by atoms with Gasteiger partial charge in [-0.2, -0.15) is 0 Å². The molecule has 21 heavy (non-hydrogen) atoms. The maximum atomic E-state index is 10.6. The van der Waals surface area contributed by atoms with Crippen molar-refractivity contribution in [1.82, 2.24) is 4.57 Å². The molecule has 4 rings (SSSR count). The fraction of sp³-hybridized carbons (Fsp3) is 0.222. The van der Waals surface area contributed by atoms with Crippen molar-refractivity contribution in [3.05, 3.63) is 71.9 Å². The van der Waals surface area contributed by atoms with E-state index in [-0.39, 0.29) is 0 Å². The zero-order chi connectivity index (χ0) is 14.3. The summed E-state index contributed by atoms with van der Waals surface area (Å²) in [4.78, 5) is 0. The van der Waals surface area contributed by atoms with E-state index in [1.807, 2.05) is 18.2 Å². The highest BCUT2D eigenvalue weighted by Gasteiger charge is 2.40. The summed E-state index contributed by atoms with van der Waals surface area (Å²) in [7, 11) is 0. The molecular weight excluding hydrogens is 262 g/mol. The smallest absolute Gasteiger partial charge is 0.138 e. The number of nitrogens with zero attached hydrogens (tertiary/aromatic N) is 1. The van der Waals surface area contributed by atoms with Gasteiger partial charge >= 0.3 is 0 Å². The van der Waals surface area contributed by atoms with Crippen LogP contribution in [0.25, 0.3) is 10.9 Å². The topological polar surface area (TPSA) is 34.4 Å². The molecule has 1 aliphatic rings. The Hall–Kier alpha value is -2.10. The number of aliphatic hydroxyl groups is 1. The Morgan fingerprint density at radius 2 is 1.71 bits per heavy atom. The van der Waals surface area contributed by atoms with Gasteiger partial charge in [0.05, 0.1) is 13.2 Å². The fourth-order valence-electron chi connectivity index (χ4n) is 2.98. The third-order valence-electron chi connectivity index (χ3n) is 4.17. The van der Waals surface area contributed by atoms with Gasteiger partial charge in [-0.15, -0.1) is 0 Å². The van der Waals surface area contributed by atoms with Gasteiger partial charge in [-0.1, -0.05) is 48.5 Å². The molecule has 1 aliphatic heterocycles. The molecule has 2 aromatic carbocycles. The third kappa shape index (κ3) is 2.06. The molecule has 0 unspecified atom stereocenters. The van der Waals surface area contributed by atoms with Crippen LogP contribution in [-0.4, -0.2) is 22.9 Å². The Kier molecular flexibility index (Phi) is 2.84. The number of hydrogen-bond donors (Lipinski definition) is 1. The number of para-hydroxylation sites is 1. The van der Waals surface area contributed by atoms with Crippen LogP contribution in [0.3, 0.4) is 0 Å². The number of fused-ring (bicyclic) bond motifs is 1. The van der Waals surface area contributed by atoms with E-state index in [1.165, 1.54) is 5.56 Å². The van der Waals surface area contributed by atoms with Gasteiger partial charge in [0, 0.05) is 29.2 Å². The lowest BCUT2D eigenvalue weighted by Crippen LogP contribution is -2.46. The summed E-state index contributed by atoms with van der Waals surface area (Å²) in [5.74, 6) is 0. The Morgan fingerprint density at radius 1 is 1.00 bits per heavy atom. The first kappa shape index (κ1) is 12.6. The molecule has 0 atom stereocenters. The summed E-state index contributed by atoms with van der Waals surface area (Å²) < 4.78 is 7.41. The van der Waals surface area contributed by atoms with E-state index in [9.17, 15) is 5.11 Å². The molecule has 1 saturated heterocycles. The molecular formula is C18H17NO2. The minimum atomic E-state index is -0.832. The van der Waals surface area contributed by atoms with E-state index < -0.39 is 5.60 Å². The van der Waals surface area contributed by atoms with Crippen LogP contribution in [0.15, 0.2) is 60.8 Å². The van der Waals surface area contributed by atoms with Gasteiger partial charge in [0.1, 0.15) is 5.60 Å². The average molecular weight is 279 g/mol. The number of aromatic nitrogens is 1. The predicted octanol–water partition coefficient (Wildman–Crippen LogP) is 2.91. The Bertz CT molecular complexity index is 772. The van der Waals surface area contributed by atoms with Gasteiger partial charge in [-0.3, -0.25) is 0 Å². The molecule has 0 spiro atoms. The van der Waals surface area contributed by atoms with E-state index >= 15 is 0 Å². The van der Waals surface area contributed by atoms with Crippen molar-refractivity contribution in [2.24, 2.45) is 0 Å². The van der Waals surface area contributed by atoms with Crippen LogP contribution in [-0.2, 0) is 16.9 Å². The number of ether oxygens (including phenoxy) is 1. The summed E-state index contributed by atoms with van der Waals surface area (Å²) in [5, 5.41) is 11.7. The van der Waals surface area contributed by atoms with Crippen LogP contribution >= 0.6 is 0 Å². The van der Waals surface area contributed by atoms with Gasteiger partial charge in [0.15, 0.2) is 0 Å². The largest absolute Gasteiger partial charge is 0.380 e. The molecule has 0 aliphatic carbocycles. The lowest BCUT2D eigenvalue weighted by Gasteiger charge is -2.36. The summed E-state index contributed by atoms with van der Waals surface area (Å²) in [6.45, 7) is 1.57. The van der Waals surface area contributed by atoms with Crippen LogP contribution in [0.1, 0.15) is 11.1 Å². The zero-order valence-electron chi connectivity index (χ0n) is 11.7. The SMILES string of the molecule is OC1(c2cn(Cc3ccccc3)c3ccccc23)COC1. The molecule has 1 aromatic heterocycles. The Labute approximate surface area is 123 Å². The molecule has 106 valence electrons. The summed E-state index contributed by atoms with van der Waals surface area (Å²) >= 11 is 0. The molecule has 3 heteroatoms. The maximum Gasteiger partial charge on any atom is 0.138 e. The molecule has 1 N–H and O–H groups in total. The maximum absolute atomic E-state index is 10.6. The Morgan fingerprint density at radius 3 is 2.43 bits per heavy atom. The number of rotatable bonds is 3. The van der Waals surface area contributed by atoms with Gasteiger partial charge in [-0.05, 0) is 11.6 Å². The van der Waals surface area contributed by atoms with E-state index in [0.717, 1.165) is 23.0 Å². The second kappa shape index (κ2) is 4.72. The Balaban J connectivity index is 1.82. The summed E-state index contributed by atoms with van der Waals surface area (Å²) in [6.07, 6.45) is 2.07. The molecule has 3 aromatic rings. The van der Waals surface area contributed by atoms with Crippen molar-refractivity contribution < 1.29 is 9.84 Å². The van der Waals surface area contributed by atoms with Gasteiger partial charge < -0.3 is 14.4 Å². The molecule has 0 radical (unpaired) electrons. The third-order valence-corrected chi connectivity index (χ3v) is 4.17. The lowest BCUT2D eigenvalue weighted by atomic mass is 9.92. The second-order valence-corrected chi connectivity index (χ2v) is 5.70. The van der Waals surface area contributed by atoms with E-state index in [0.29, 0.717) is 13.2 Å². The second-order valence-electron chi connectivity index (χ2n) is 5.70. The van der Waals surface area contributed by atoms with E-state index in [4.69, 9.17) is 4.74 Å². The van der Waals surface area contributed by atoms with Crippen LogP contribution in [0, 0.1) is 0 Å². The van der Waals surface area contributed by atoms with Crippen molar-refractivity contribution >= 4 is 10.9 Å². The molecule has 0 amide bonds. The van der Waals surface area contributed by atoms with E-state index in [2.05, 4.69) is 47.2 Å². The first-order valence-corrected chi connectivity index (χ1v) is 7.19. The summed E-state index contributed by atoms with van der Waals surface area (Å²) in [6, 6.07) is 18.6. The molecule has 2 heterocycles. The van der Waals surface area contributed by atoms with Gasteiger partial charge in [0.2, 0.25) is 0 Å². The number of benzene rings is 2. The van der Waals surface area contributed by atoms with Crippen LogP contribution in [0.5, 0.6) is 0 Å². The molecule has 1 fully saturated rings. The van der Waals surface area contributed by atoms with Crippen molar-refractivity contribution in [2.75, 3.05) is 13.2 Å². The van der Waals surface area contributed by atoms with E-state index in [1.54, 1.807) is 0 Å². The first-order chi connectivity index (χ1) is 10.3. The van der Waals surface area contributed by atoms with Crippen LogP contribution < -0.4 is 0 Å². The highest BCUT2D eigenvalue weighted by atomic mass is 16.5. The van der Waals surface area contributed by atoms with Crippen LogP contribution in [0.2, 0.25) is 0 Å². The highest BCUT2D eigenvalue weighted by Crippen LogP contribution is 2.35. The zero-order valence-corrected chi connectivity index (χ0v) is 11.7. The molecule has 0 bridgehead atoms. The predicted molar refractivity (Wildman–Crippen MR) is 82.2 cm³/mol. The van der Waals surface area contributed by atoms with Crippen molar-refractivity contribution in [2.45, 2.75) is 12.1 Å². The van der Waals surface area contributed by atoms with Gasteiger partial charge in [-0.25, -0.2) is 0 Å².